The lowest BCUT2D eigenvalue weighted by atomic mass is 9.85. The molecule has 2 aromatic rings. The molecule has 2 atom stereocenters. The molecule has 2 aromatic heterocycles. The topological polar surface area (TPSA) is 70.3 Å². The van der Waals surface area contributed by atoms with E-state index in [0.717, 1.165) is 37.1 Å². The molecule has 1 aliphatic carbocycles. The first-order chi connectivity index (χ1) is 10.2. The van der Waals surface area contributed by atoms with Gasteiger partial charge in [0.1, 0.15) is 11.9 Å². The fourth-order valence-electron chi connectivity index (χ4n) is 2.74. The summed E-state index contributed by atoms with van der Waals surface area (Å²) in [6.07, 6.45) is 6.19. The molecule has 0 radical (unpaired) electrons. The molecule has 1 saturated carbocycles. The van der Waals surface area contributed by atoms with E-state index in [0.29, 0.717) is 16.9 Å². The van der Waals surface area contributed by atoms with Gasteiger partial charge in [0.05, 0.1) is 19.0 Å². The van der Waals surface area contributed by atoms with Gasteiger partial charge in [-0.05, 0) is 31.7 Å². The molecule has 1 aliphatic rings. The van der Waals surface area contributed by atoms with Crippen molar-refractivity contribution >= 4 is 16.5 Å². The summed E-state index contributed by atoms with van der Waals surface area (Å²) in [6.45, 7) is 0. The Morgan fingerprint density at radius 3 is 2.90 bits per heavy atom. The average Bonchev–Trinajstić information content (AvgIpc) is 2.95. The van der Waals surface area contributed by atoms with E-state index in [1.165, 1.54) is 11.3 Å². The summed E-state index contributed by atoms with van der Waals surface area (Å²) in [5.74, 6) is 1.83. The van der Waals surface area contributed by atoms with Gasteiger partial charge >= 0.3 is 0 Å². The van der Waals surface area contributed by atoms with Crippen LogP contribution in [0.2, 0.25) is 0 Å². The Morgan fingerprint density at radius 2 is 2.24 bits per heavy atom. The number of pyridine rings is 1. The second kappa shape index (κ2) is 6.30. The minimum atomic E-state index is 0.188. The first-order valence-electron chi connectivity index (χ1n) is 7.12. The summed E-state index contributed by atoms with van der Waals surface area (Å²) in [6, 6.07) is 3.72. The van der Waals surface area contributed by atoms with Crippen LogP contribution in [0.1, 0.15) is 37.3 Å². The van der Waals surface area contributed by atoms with E-state index >= 15 is 0 Å². The number of nitrogens with two attached hydrogens (primary N) is 1. The van der Waals surface area contributed by atoms with Gasteiger partial charge in [-0.2, -0.15) is 0 Å². The van der Waals surface area contributed by atoms with Crippen LogP contribution in [0, 0.1) is 0 Å². The van der Waals surface area contributed by atoms with E-state index in [4.69, 9.17) is 15.2 Å². The Labute approximate surface area is 128 Å². The Bertz CT molecular complexity index is 585. The molecule has 0 aromatic carbocycles. The number of hydrogen-bond acceptors (Lipinski definition) is 6. The Hall–Kier alpha value is -1.82. The molecular weight excluding hydrogens is 286 g/mol. The van der Waals surface area contributed by atoms with E-state index in [9.17, 15) is 0 Å². The van der Waals surface area contributed by atoms with E-state index in [1.54, 1.807) is 13.3 Å². The van der Waals surface area contributed by atoms with Crippen molar-refractivity contribution in [3.63, 3.8) is 0 Å². The third-order valence-corrected chi connectivity index (χ3v) is 4.51. The lowest BCUT2D eigenvalue weighted by Gasteiger charge is -2.28. The van der Waals surface area contributed by atoms with Crippen LogP contribution in [0.4, 0.5) is 5.13 Å². The number of hydrogen-bond donors (Lipinski definition) is 1. The van der Waals surface area contributed by atoms with Crippen LogP contribution < -0.4 is 15.2 Å². The molecule has 0 saturated heterocycles. The van der Waals surface area contributed by atoms with Gasteiger partial charge in [-0.3, -0.25) is 0 Å². The number of anilines is 1. The minimum absolute atomic E-state index is 0.188. The average molecular weight is 305 g/mol. The van der Waals surface area contributed by atoms with Gasteiger partial charge in [-0.25, -0.2) is 9.97 Å². The van der Waals surface area contributed by atoms with Gasteiger partial charge < -0.3 is 15.2 Å². The maximum Gasteiger partial charge on any atom is 0.213 e. The summed E-state index contributed by atoms with van der Waals surface area (Å²) < 4.78 is 11.1. The summed E-state index contributed by atoms with van der Waals surface area (Å²) in [5.41, 5.74) is 6.83. The molecule has 2 N–H and O–H groups in total. The predicted molar refractivity (Wildman–Crippen MR) is 82.9 cm³/mol. The van der Waals surface area contributed by atoms with Crippen molar-refractivity contribution in [2.45, 2.75) is 37.7 Å². The standard InChI is InChI=1S/C15H19N3O2S/c1-19-12-5-6-14(17-8-12)20-11-4-2-3-10(7-11)13-9-21-15(16)18-13/h5-6,8-11H,2-4,7H2,1H3,(H2,16,18)/t10-,11+/m0/s1. The molecule has 0 spiro atoms. The van der Waals surface area contributed by atoms with Gasteiger partial charge in [0.15, 0.2) is 5.13 Å². The summed E-state index contributed by atoms with van der Waals surface area (Å²) in [5, 5.41) is 2.71. The van der Waals surface area contributed by atoms with Gasteiger partial charge in [0.2, 0.25) is 5.88 Å². The highest BCUT2D eigenvalue weighted by Crippen LogP contribution is 2.35. The molecule has 1 fully saturated rings. The molecule has 0 bridgehead atoms. The molecule has 0 amide bonds. The van der Waals surface area contributed by atoms with Crippen molar-refractivity contribution < 1.29 is 9.47 Å². The largest absolute Gasteiger partial charge is 0.495 e. The third kappa shape index (κ3) is 3.44. The number of ether oxygens (including phenoxy) is 2. The first-order valence-corrected chi connectivity index (χ1v) is 8.00. The first kappa shape index (κ1) is 14.1. The highest BCUT2D eigenvalue weighted by molar-refractivity contribution is 7.13. The highest BCUT2D eigenvalue weighted by Gasteiger charge is 2.26. The van der Waals surface area contributed by atoms with Crippen molar-refractivity contribution in [1.29, 1.82) is 0 Å². The SMILES string of the molecule is COc1ccc(O[C@@H]2CCC[C@H](c3csc(N)n3)C2)nc1. The van der Waals surface area contributed by atoms with E-state index in [-0.39, 0.29) is 6.10 Å². The van der Waals surface area contributed by atoms with Gasteiger partial charge in [0, 0.05) is 17.4 Å². The Morgan fingerprint density at radius 1 is 1.33 bits per heavy atom. The minimum Gasteiger partial charge on any atom is -0.495 e. The number of aromatic nitrogens is 2. The fraction of sp³-hybridized carbons (Fsp3) is 0.467. The second-order valence-corrected chi connectivity index (χ2v) is 6.14. The predicted octanol–water partition coefficient (Wildman–Crippen LogP) is 3.23. The number of nitrogens with zero attached hydrogens (tertiary/aromatic N) is 2. The fourth-order valence-corrected chi connectivity index (χ4v) is 3.38. The van der Waals surface area contributed by atoms with Crippen molar-refractivity contribution in [3.8, 4) is 11.6 Å². The Kier molecular flexibility index (Phi) is 4.24. The van der Waals surface area contributed by atoms with Crippen LogP contribution in [0.5, 0.6) is 11.6 Å². The zero-order valence-electron chi connectivity index (χ0n) is 12.0. The molecule has 112 valence electrons. The second-order valence-electron chi connectivity index (χ2n) is 5.25. The third-order valence-electron chi connectivity index (χ3n) is 3.82. The molecule has 5 nitrogen and oxygen atoms in total. The molecule has 21 heavy (non-hydrogen) atoms. The molecular formula is C15H19N3O2S. The van der Waals surface area contributed by atoms with Crippen LogP contribution in [0.3, 0.4) is 0 Å². The lowest BCUT2D eigenvalue weighted by molar-refractivity contribution is 0.136. The van der Waals surface area contributed by atoms with Crippen LogP contribution >= 0.6 is 11.3 Å². The van der Waals surface area contributed by atoms with Crippen LogP contribution in [-0.4, -0.2) is 23.2 Å². The maximum atomic E-state index is 5.99. The zero-order valence-corrected chi connectivity index (χ0v) is 12.8. The molecule has 6 heteroatoms. The van der Waals surface area contributed by atoms with Crippen molar-refractivity contribution in [2.24, 2.45) is 0 Å². The number of thiazole rings is 1. The highest BCUT2D eigenvalue weighted by atomic mass is 32.1. The van der Waals surface area contributed by atoms with Crippen molar-refractivity contribution in [3.05, 3.63) is 29.4 Å². The van der Waals surface area contributed by atoms with Gasteiger partial charge in [-0.1, -0.05) is 0 Å². The van der Waals surface area contributed by atoms with Gasteiger partial charge in [-0.15, -0.1) is 11.3 Å². The van der Waals surface area contributed by atoms with Crippen LogP contribution in [0.15, 0.2) is 23.7 Å². The zero-order chi connectivity index (χ0) is 14.7. The Balaban J connectivity index is 1.62. The smallest absolute Gasteiger partial charge is 0.213 e. The van der Waals surface area contributed by atoms with E-state index < -0.39 is 0 Å². The normalized spacial score (nSPS) is 22.0. The number of methoxy groups -OCH3 is 1. The summed E-state index contributed by atoms with van der Waals surface area (Å²) in [4.78, 5) is 8.67. The number of rotatable bonds is 4. The summed E-state index contributed by atoms with van der Waals surface area (Å²) in [7, 11) is 1.63. The molecule has 0 unspecified atom stereocenters. The molecule has 2 heterocycles. The van der Waals surface area contributed by atoms with Crippen molar-refractivity contribution in [2.75, 3.05) is 12.8 Å². The quantitative estimate of drug-likeness (QED) is 0.939. The van der Waals surface area contributed by atoms with Crippen LogP contribution in [-0.2, 0) is 0 Å². The summed E-state index contributed by atoms with van der Waals surface area (Å²) >= 11 is 1.51. The van der Waals surface area contributed by atoms with Crippen molar-refractivity contribution in [1.82, 2.24) is 9.97 Å². The number of nitrogen functional groups attached to an aromatic ring is 1. The van der Waals surface area contributed by atoms with E-state index in [1.807, 2.05) is 12.1 Å². The molecule has 0 aliphatic heterocycles. The van der Waals surface area contributed by atoms with E-state index in [2.05, 4.69) is 15.3 Å². The van der Waals surface area contributed by atoms with Gasteiger partial charge in [0.25, 0.3) is 0 Å². The van der Waals surface area contributed by atoms with Crippen LogP contribution in [0.25, 0.3) is 0 Å². The molecule has 3 rings (SSSR count). The lowest BCUT2D eigenvalue weighted by Crippen LogP contribution is -2.25. The maximum absolute atomic E-state index is 5.99. The monoisotopic (exact) mass is 305 g/mol.